The smallest absolute Gasteiger partial charge is 0.137 e. The van der Waals surface area contributed by atoms with E-state index in [1.165, 1.54) is 55.3 Å². The molecule has 0 radical (unpaired) electrons. The number of para-hydroxylation sites is 5. The van der Waals surface area contributed by atoms with E-state index in [1.807, 2.05) is 12.3 Å². The molecule has 6 nitrogen and oxygen atoms in total. The average Bonchev–Trinajstić information content (AvgIpc) is 4.07. The van der Waals surface area contributed by atoms with Crippen LogP contribution in [0, 0.1) is 6.92 Å². The monoisotopic (exact) mass is 917 g/mol. The molecule has 0 atom stereocenters. The zero-order valence-electron chi connectivity index (χ0n) is 40.2. The van der Waals surface area contributed by atoms with E-state index in [1.54, 1.807) is 0 Å². The van der Waals surface area contributed by atoms with Gasteiger partial charge in [-0.15, -0.1) is 0 Å². The van der Waals surface area contributed by atoms with E-state index in [-0.39, 0.29) is 5.41 Å². The van der Waals surface area contributed by atoms with E-state index in [0.717, 1.165) is 67.5 Å². The molecule has 12 aromatic rings. The van der Waals surface area contributed by atoms with Crippen molar-refractivity contribution in [3.63, 3.8) is 0 Å². The first-order valence-electron chi connectivity index (χ1n) is 24.5. The van der Waals surface area contributed by atoms with Crippen molar-refractivity contribution in [3.05, 3.63) is 236 Å². The third-order valence-electron chi connectivity index (χ3n) is 14.3. The summed E-state index contributed by atoms with van der Waals surface area (Å²) in [6, 6.07) is 78.2. The van der Waals surface area contributed by atoms with Gasteiger partial charge in [0.05, 0.1) is 33.4 Å². The van der Waals surface area contributed by atoms with E-state index < -0.39 is 0 Å². The van der Waals surface area contributed by atoms with E-state index in [2.05, 4.69) is 259 Å². The van der Waals surface area contributed by atoms with Crippen LogP contribution in [0.5, 0.6) is 11.5 Å². The standard InChI is InChI=1S/C65H51N5O/c1-43-34-64(66-41-57(43)45-20-16-22-49(36-45)69-58-27-11-8-24-53(58)54-25-9-12-28-59(54)69)70-60-29-13-10-26-55(60)56-33-32-52(40-63(56)70)71-51-23-17-21-48(39-51)67-42-68(62-31-15-14-30-61(62)67)50-37-46(44-18-6-5-7-19-44)35-47(38-50)65(2,3)4/h5-41H,42H2,1-4H3. The molecule has 71 heavy (non-hydrogen) atoms. The van der Waals surface area contributed by atoms with E-state index in [0.29, 0.717) is 6.67 Å². The summed E-state index contributed by atoms with van der Waals surface area (Å²) in [5.74, 6) is 2.38. The first kappa shape index (κ1) is 42.2. The molecule has 0 N–H and O–H groups in total. The number of nitrogens with zero attached hydrogens (tertiary/aromatic N) is 5. The maximum absolute atomic E-state index is 6.81. The summed E-state index contributed by atoms with van der Waals surface area (Å²) in [7, 11) is 0. The molecule has 0 saturated heterocycles. The second-order valence-electron chi connectivity index (χ2n) is 19.8. The van der Waals surface area contributed by atoms with Gasteiger partial charge in [0.25, 0.3) is 0 Å². The summed E-state index contributed by atoms with van der Waals surface area (Å²) in [6.45, 7) is 9.72. The molecule has 0 fully saturated rings. The largest absolute Gasteiger partial charge is 0.457 e. The maximum Gasteiger partial charge on any atom is 0.137 e. The number of benzene rings is 9. The van der Waals surface area contributed by atoms with Crippen LogP contribution in [0.3, 0.4) is 0 Å². The lowest BCUT2D eigenvalue weighted by Gasteiger charge is -2.26. The molecule has 342 valence electrons. The Bertz CT molecular complexity index is 3970. The lowest BCUT2D eigenvalue weighted by molar-refractivity contribution is 0.483. The fourth-order valence-electron chi connectivity index (χ4n) is 10.7. The molecule has 6 heteroatoms. The van der Waals surface area contributed by atoms with Gasteiger partial charge in [0.15, 0.2) is 0 Å². The van der Waals surface area contributed by atoms with Crippen molar-refractivity contribution in [1.82, 2.24) is 14.1 Å². The lowest BCUT2D eigenvalue weighted by Crippen LogP contribution is -2.24. The highest BCUT2D eigenvalue weighted by Crippen LogP contribution is 2.47. The Hall–Kier alpha value is -8.87. The van der Waals surface area contributed by atoms with Gasteiger partial charge >= 0.3 is 0 Å². The third-order valence-corrected chi connectivity index (χ3v) is 14.3. The van der Waals surface area contributed by atoms with Gasteiger partial charge in [0.1, 0.15) is 24.0 Å². The highest BCUT2D eigenvalue weighted by Gasteiger charge is 2.30. The van der Waals surface area contributed by atoms with Crippen LogP contribution in [0.25, 0.3) is 77.4 Å². The molecule has 9 aromatic carbocycles. The number of hydrogen-bond donors (Lipinski definition) is 0. The molecule has 13 rings (SSSR count). The van der Waals surface area contributed by atoms with Crippen molar-refractivity contribution < 1.29 is 4.74 Å². The SMILES string of the molecule is Cc1cc(-n2c3ccccc3c3ccc(Oc4cccc(N5CN(c6cc(-c7ccccc7)cc(C(C)(C)C)c6)c6ccccc65)c4)cc32)ncc1-c1cccc(-n2c3ccccc3c3ccccc32)c1. The van der Waals surface area contributed by atoms with Gasteiger partial charge in [0.2, 0.25) is 0 Å². The normalized spacial score (nSPS) is 12.7. The number of rotatable bonds is 8. The van der Waals surface area contributed by atoms with Crippen LogP contribution < -0.4 is 14.5 Å². The number of aryl methyl sites for hydroxylation is 1. The molecule has 0 saturated carbocycles. The van der Waals surface area contributed by atoms with Crippen LogP contribution in [0.15, 0.2) is 225 Å². The van der Waals surface area contributed by atoms with Crippen molar-refractivity contribution in [3.8, 4) is 45.3 Å². The summed E-state index contributed by atoms with van der Waals surface area (Å²) >= 11 is 0. The van der Waals surface area contributed by atoms with Crippen LogP contribution in [0.1, 0.15) is 31.9 Å². The number of anilines is 4. The summed E-state index contributed by atoms with van der Waals surface area (Å²) in [5.41, 5.74) is 17.3. The van der Waals surface area contributed by atoms with Gasteiger partial charge < -0.3 is 19.1 Å². The number of ether oxygens (including phenoxy) is 1. The van der Waals surface area contributed by atoms with Crippen LogP contribution in [-0.2, 0) is 5.41 Å². The number of pyridine rings is 1. The minimum absolute atomic E-state index is 0.0224. The van der Waals surface area contributed by atoms with Crippen molar-refractivity contribution in [2.45, 2.75) is 33.1 Å². The lowest BCUT2D eigenvalue weighted by atomic mass is 9.85. The number of hydrogen-bond acceptors (Lipinski definition) is 4. The van der Waals surface area contributed by atoms with Crippen molar-refractivity contribution in [1.29, 1.82) is 0 Å². The van der Waals surface area contributed by atoms with Gasteiger partial charge in [-0.25, -0.2) is 4.98 Å². The first-order chi connectivity index (χ1) is 34.7. The zero-order chi connectivity index (χ0) is 47.8. The number of aromatic nitrogens is 3. The highest BCUT2D eigenvalue weighted by atomic mass is 16.5. The van der Waals surface area contributed by atoms with E-state index in [4.69, 9.17) is 9.72 Å². The Morgan fingerprint density at radius 2 is 0.986 bits per heavy atom. The fourth-order valence-corrected chi connectivity index (χ4v) is 10.7. The molecule has 0 amide bonds. The van der Waals surface area contributed by atoms with Crippen molar-refractivity contribution in [2.24, 2.45) is 0 Å². The Morgan fingerprint density at radius 3 is 1.68 bits per heavy atom. The molecule has 1 aliphatic rings. The second kappa shape index (κ2) is 16.7. The van der Waals surface area contributed by atoms with Crippen LogP contribution in [0.4, 0.5) is 22.7 Å². The van der Waals surface area contributed by atoms with E-state index >= 15 is 0 Å². The first-order valence-corrected chi connectivity index (χ1v) is 24.5. The van der Waals surface area contributed by atoms with Gasteiger partial charge in [-0.05, 0) is 125 Å². The van der Waals surface area contributed by atoms with Crippen LogP contribution in [0.2, 0.25) is 0 Å². The molecule has 0 unspecified atom stereocenters. The highest BCUT2D eigenvalue weighted by molar-refractivity contribution is 6.10. The van der Waals surface area contributed by atoms with Gasteiger partial charge in [-0.2, -0.15) is 0 Å². The quantitative estimate of drug-likeness (QED) is 0.152. The Balaban J connectivity index is 0.827. The van der Waals surface area contributed by atoms with E-state index in [9.17, 15) is 0 Å². The minimum Gasteiger partial charge on any atom is -0.457 e. The molecule has 0 spiro atoms. The Morgan fingerprint density at radius 1 is 0.423 bits per heavy atom. The van der Waals surface area contributed by atoms with Crippen LogP contribution >= 0.6 is 0 Å². The summed E-state index contributed by atoms with van der Waals surface area (Å²) in [6.07, 6.45) is 2.03. The van der Waals surface area contributed by atoms with Gasteiger partial charge in [-0.1, -0.05) is 142 Å². The Kier molecular flexibility index (Phi) is 9.92. The molecular weight excluding hydrogens is 867 g/mol. The Labute approximate surface area is 413 Å². The van der Waals surface area contributed by atoms with Crippen LogP contribution in [-0.4, -0.2) is 20.8 Å². The molecular formula is C65H51N5O. The van der Waals surface area contributed by atoms with Crippen molar-refractivity contribution >= 4 is 66.4 Å². The summed E-state index contributed by atoms with van der Waals surface area (Å²) in [5, 5.41) is 4.81. The average molecular weight is 918 g/mol. The molecule has 1 aliphatic heterocycles. The topological polar surface area (TPSA) is 38.5 Å². The predicted molar refractivity (Wildman–Crippen MR) is 296 cm³/mol. The second-order valence-corrected chi connectivity index (χ2v) is 19.8. The van der Waals surface area contributed by atoms with Gasteiger partial charge in [-0.3, -0.25) is 4.57 Å². The molecule has 0 aliphatic carbocycles. The fraction of sp³-hybridized carbons (Fsp3) is 0.0923. The van der Waals surface area contributed by atoms with Crippen molar-refractivity contribution in [2.75, 3.05) is 16.5 Å². The molecule has 4 heterocycles. The summed E-state index contributed by atoms with van der Waals surface area (Å²) in [4.78, 5) is 10.0. The number of fused-ring (bicyclic) bond motifs is 7. The maximum atomic E-state index is 6.81. The predicted octanol–water partition coefficient (Wildman–Crippen LogP) is 17.3. The summed E-state index contributed by atoms with van der Waals surface area (Å²) < 4.78 is 11.5. The van der Waals surface area contributed by atoms with Gasteiger partial charge in [0, 0.05) is 62.5 Å². The third kappa shape index (κ3) is 7.30. The zero-order valence-corrected chi connectivity index (χ0v) is 40.2. The minimum atomic E-state index is -0.0224. The molecule has 3 aromatic heterocycles. The molecule has 0 bridgehead atoms.